The molecule has 2 atom stereocenters. The van der Waals surface area contributed by atoms with Crippen LogP contribution in [0.5, 0.6) is 0 Å². The van der Waals surface area contributed by atoms with E-state index in [1.807, 2.05) is 19.1 Å². The van der Waals surface area contributed by atoms with Gasteiger partial charge >= 0.3 is 0 Å². The highest BCUT2D eigenvalue weighted by Gasteiger charge is 2.27. The molecule has 1 aliphatic heterocycles. The van der Waals surface area contributed by atoms with Crippen molar-refractivity contribution in [1.29, 1.82) is 0 Å². The van der Waals surface area contributed by atoms with Crippen LogP contribution < -0.4 is 0 Å². The van der Waals surface area contributed by atoms with Gasteiger partial charge in [0.1, 0.15) is 0 Å². The number of carbonyl (C=O) groups is 1. The van der Waals surface area contributed by atoms with E-state index < -0.39 is 0 Å². The molecule has 0 aromatic heterocycles. The molecule has 1 aromatic carbocycles. The number of benzene rings is 1. The van der Waals surface area contributed by atoms with Crippen LogP contribution in [-0.4, -0.2) is 47.8 Å². The van der Waals surface area contributed by atoms with Crippen molar-refractivity contribution in [2.45, 2.75) is 25.6 Å². The summed E-state index contributed by atoms with van der Waals surface area (Å²) in [6.07, 6.45) is -0.00733. The first kappa shape index (κ1) is 14.3. The van der Waals surface area contributed by atoms with E-state index in [4.69, 9.17) is 21.4 Å². The summed E-state index contributed by atoms with van der Waals surface area (Å²) >= 11 is 5.90. The van der Waals surface area contributed by atoms with Gasteiger partial charge in [-0.05, 0) is 24.6 Å². The average molecular weight is 284 g/mol. The van der Waals surface area contributed by atoms with Crippen molar-refractivity contribution < 1.29 is 14.6 Å². The van der Waals surface area contributed by atoms with Crippen LogP contribution in [0.15, 0.2) is 24.3 Å². The summed E-state index contributed by atoms with van der Waals surface area (Å²) < 4.78 is 5.52. The highest BCUT2D eigenvalue weighted by atomic mass is 35.5. The molecule has 104 valence electrons. The fraction of sp³-hybridized carbons (Fsp3) is 0.500. The lowest BCUT2D eigenvalue weighted by molar-refractivity contribution is -0.146. The lowest BCUT2D eigenvalue weighted by Crippen LogP contribution is -2.50. The summed E-state index contributed by atoms with van der Waals surface area (Å²) in [6, 6.07) is 7.31. The van der Waals surface area contributed by atoms with Crippen molar-refractivity contribution in [2.24, 2.45) is 0 Å². The molecule has 0 aliphatic carbocycles. The van der Waals surface area contributed by atoms with E-state index in [9.17, 15) is 4.79 Å². The van der Waals surface area contributed by atoms with Gasteiger partial charge in [-0.1, -0.05) is 23.7 Å². The molecule has 1 fully saturated rings. The van der Waals surface area contributed by atoms with Gasteiger partial charge in [0.2, 0.25) is 5.91 Å². The van der Waals surface area contributed by atoms with E-state index in [1.165, 1.54) is 0 Å². The van der Waals surface area contributed by atoms with Gasteiger partial charge in [0.25, 0.3) is 0 Å². The van der Waals surface area contributed by atoms with Crippen LogP contribution in [-0.2, 0) is 16.0 Å². The van der Waals surface area contributed by atoms with E-state index in [-0.39, 0.29) is 24.7 Å². The minimum Gasteiger partial charge on any atom is -0.394 e. The maximum absolute atomic E-state index is 12.2. The summed E-state index contributed by atoms with van der Waals surface area (Å²) in [5, 5.41) is 9.79. The molecule has 1 N–H and O–H groups in total. The van der Waals surface area contributed by atoms with Gasteiger partial charge in [-0.25, -0.2) is 0 Å². The first-order chi connectivity index (χ1) is 9.08. The van der Waals surface area contributed by atoms with Gasteiger partial charge in [0.05, 0.1) is 25.2 Å². The zero-order chi connectivity index (χ0) is 13.8. The number of amides is 1. The van der Waals surface area contributed by atoms with Gasteiger partial charge in [-0.15, -0.1) is 0 Å². The molecule has 2 unspecified atom stereocenters. The molecule has 0 radical (unpaired) electrons. The molecular weight excluding hydrogens is 266 g/mol. The Bertz CT molecular complexity index is 452. The number of ether oxygens (including phenoxy) is 1. The Hall–Kier alpha value is -1.10. The zero-order valence-corrected chi connectivity index (χ0v) is 11.6. The first-order valence-corrected chi connectivity index (χ1v) is 6.75. The lowest BCUT2D eigenvalue weighted by atomic mass is 10.1. The van der Waals surface area contributed by atoms with Crippen LogP contribution in [0.2, 0.25) is 5.02 Å². The van der Waals surface area contributed by atoms with Crippen molar-refractivity contribution in [3.63, 3.8) is 0 Å². The van der Waals surface area contributed by atoms with Crippen molar-refractivity contribution in [3.8, 4) is 0 Å². The molecule has 2 rings (SSSR count). The second-order valence-electron chi connectivity index (χ2n) is 4.86. The maximum atomic E-state index is 12.2. The minimum atomic E-state index is -0.285. The van der Waals surface area contributed by atoms with Gasteiger partial charge in [-0.2, -0.15) is 0 Å². The lowest BCUT2D eigenvalue weighted by Gasteiger charge is -2.36. The highest BCUT2D eigenvalue weighted by molar-refractivity contribution is 6.30. The number of aliphatic hydroxyl groups excluding tert-OH is 1. The summed E-state index contributed by atoms with van der Waals surface area (Å²) in [4.78, 5) is 14.0. The monoisotopic (exact) mass is 283 g/mol. The fourth-order valence-corrected chi connectivity index (χ4v) is 2.50. The fourth-order valence-electron chi connectivity index (χ4n) is 2.28. The van der Waals surface area contributed by atoms with Crippen LogP contribution in [0.4, 0.5) is 0 Å². The molecule has 19 heavy (non-hydrogen) atoms. The van der Waals surface area contributed by atoms with Crippen LogP contribution in [0, 0.1) is 0 Å². The number of hydrogen-bond donors (Lipinski definition) is 1. The predicted octanol–water partition coefficient (Wildman–Crippen LogP) is 1.49. The van der Waals surface area contributed by atoms with Crippen molar-refractivity contribution in [3.05, 3.63) is 34.9 Å². The molecule has 1 amide bonds. The molecule has 1 heterocycles. The number of halogens is 1. The second-order valence-corrected chi connectivity index (χ2v) is 5.29. The topological polar surface area (TPSA) is 49.8 Å². The molecule has 4 nitrogen and oxygen atoms in total. The quantitative estimate of drug-likeness (QED) is 0.914. The Labute approximate surface area is 117 Å². The number of morpholine rings is 1. The molecule has 5 heteroatoms. The Balaban J connectivity index is 1.99. The number of carbonyl (C=O) groups excluding carboxylic acids is 1. The van der Waals surface area contributed by atoms with Crippen molar-refractivity contribution in [2.75, 3.05) is 19.7 Å². The molecule has 1 aliphatic rings. The number of aliphatic hydroxyl groups is 1. The summed E-state index contributed by atoms with van der Waals surface area (Å²) in [5.74, 6) is 0.0378. The zero-order valence-electron chi connectivity index (χ0n) is 10.9. The number of rotatable bonds is 3. The normalized spacial score (nSPS) is 23.4. The summed E-state index contributed by atoms with van der Waals surface area (Å²) in [5.41, 5.74) is 0.900. The Morgan fingerprint density at radius 3 is 3.00 bits per heavy atom. The summed E-state index contributed by atoms with van der Waals surface area (Å²) in [6.45, 7) is 2.85. The standard InChI is InChI=1S/C14H18ClNO3/c1-10-7-16(8-13(9-17)19-10)14(18)6-11-3-2-4-12(15)5-11/h2-5,10,13,17H,6-9H2,1H3. The third kappa shape index (κ3) is 3.93. The number of hydrogen-bond acceptors (Lipinski definition) is 3. The van der Waals surface area contributed by atoms with Crippen LogP contribution in [0.1, 0.15) is 12.5 Å². The van der Waals surface area contributed by atoms with Gasteiger partial charge in [0, 0.05) is 18.1 Å². The molecule has 1 aromatic rings. The molecule has 0 bridgehead atoms. The van der Waals surface area contributed by atoms with E-state index in [2.05, 4.69) is 0 Å². The largest absolute Gasteiger partial charge is 0.394 e. The number of nitrogens with zero attached hydrogens (tertiary/aromatic N) is 1. The van der Waals surface area contributed by atoms with Crippen LogP contribution >= 0.6 is 11.6 Å². The average Bonchev–Trinajstić information content (AvgIpc) is 2.38. The van der Waals surface area contributed by atoms with Crippen LogP contribution in [0.25, 0.3) is 0 Å². The SMILES string of the molecule is CC1CN(C(=O)Cc2cccc(Cl)c2)CC(CO)O1. The van der Waals surface area contributed by atoms with E-state index in [0.717, 1.165) is 5.56 Å². The third-order valence-corrected chi connectivity index (χ3v) is 3.36. The Morgan fingerprint density at radius 1 is 1.53 bits per heavy atom. The molecule has 1 saturated heterocycles. The Kier molecular flexibility index (Phi) is 4.80. The van der Waals surface area contributed by atoms with Crippen LogP contribution in [0.3, 0.4) is 0 Å². The van der Waals surface area contributed by atoms with Gasteiger partial charge in [0.15, 0.2) is 0 Å². The van der Waals surface area contributed by atoms with Crippen molar-refractivity contribution >= 4 is 17.5 Å². The molecule has 0 saturated carbocycles. The smallest absolute Gasteiger partial charge is 0.227 e. The van der Waals surface area contributed by atoms with E-state index in [0.29, 0.717) is 24.5 Å². The van der Waals surface area contributed by atoms with Gasteiger partial charge < -0.3 is 14.7 Å². The van der Waals surface area contributed by atoms with Gasteiger partial charge in [-0.3, -0.25) is 4.79 Å². The third-order valence-electron chi connectivity index (χ3n) is 3.13. The van der Waals surface area contributed by atoms with Crippen molar-refractivity contribution in [1.82, 2.24) is 4.90 Å². The molecular formula is C14H18ClNO3. The second kappa shape index (κ2) is 6.37. The first-order valence-electron chi connectivity index (χ1n) is 6.37. The predicted molar refractivity (Wildman–Crippen MR) is 73.2 cm³/mol. The maximum Gasteiger partial charge on any atom is 0.227 e. The highest BCUT2D eigenvalue weighted by Crippen LogP contribution is 2.15. The molecule has 0 spiro atoms. The summed E-state index contributed by atoms with van der Waals surface area (Å²) in [7, 11) is 0. The minimum absolute atomic E-state index is 0.0378. The Morgan fingerprint density at radius 2 is 2.32 bits per heavy atom. The van der Waals surface area contributed by atoms with E-state index in [1.54, 1.807) is 17.0 Å². The van der Waals surface area contributed by atoms with E-state index >= 15 is 0 Å².